The van der Waals surface area contributed by atoms with Crippen LogP contribution in [0.25, 0.3) is 0 Å². The topological polar surface area (TPSA) is 75.7 Å². The predicted molar refractivity (Wildman–Crippen MR) is 35.7 cm³/mol. The van der Waals surface area contributed by atoms with E-state index in [0.29, 0.717) is 12.4 Å². The van der Waals surface area contributed by atoms with Crippen LogP contribution in [-0.2, 0) is 4.74 Å². The maximum atomic E-state index is 5.37. The van der Waals surface area contributed by atoms with E-state index in [4.69, 9.17) is 4.74 Å². The number of nitrogens with one attached hydrogen (secondary N) is 2. The molecular weight excluding hydrogens is 146 g/mol. The molecule has 0 aromatic carbocycles. The lowest BCUT2D eigenvalue weighted by Crippen LogP contribution is -2.33. The van der Waals surface area contributed by atoms with Gasteiger partial charge in [0.15, 0.2) is 0 Å². The molecule has 1 aromatic heterocycles. The second-order valence-corrected chi connectivity index (χ2v) is 2.33. The lowest BCUT2D eigenvalue weighted by atomic mass is 10.3. The predicted octanol–water partition coefficient (Wildman–Crippen LogP) is -1.14. The summed E-state index contributed by atoms with van der Waals surface area (Å²) in [6.07, 6.45) is -0.0394. The zero-order valence-corrected chi connectivity index (χ0v) is 5.95. The fourth-order valence-corrected chi connectivity index (χ4v) is 1.04. The van der Waals surface area contributed by atoms with Gasteiger partial charge in [-0.3, -0.25) is 0 Å². The van der Waals surface area contributed by atoms with E-state index in [-0.39, 0.29) is 6.10 Å². The first-order valence-electron chi connectivity index (χ1n) is 3.52. The van der Waals surface area contributed by atoms with Gasteiger partial charge in [0.25, 0.3) is 0 Å². The normalized spacial score (nSPS) is 25.3. The summed E-state index contributed by atoms with van der Waals surface area (Å²) in [7, 11) is 0. The van der Waals surface area contributed by atoms with Gasteiger partial charge in [-0.15, -0.1) is 10.2 Å². The molecular formula is C5H9N5O. The Bertz CT molecular complexity index is 205. The molecule has 0 radical (unpaired) electrons. The Labute approximate surface area is 63.3 Å². The summed E-state index contributed by atoms with van der Waals surface area (Å²) in [5.74, 6) is 0.622. The Morgan fingerprint density at radius 1 is 1.55 bits per heavy atom. The Morgan fingerprint density at radius 3 is 3.18 bits per heavy atom. The van der Waals surface area contributed by atoms with Gasteiger partial charge in [-0.2, -0.15) is 5.21 Å². The minimum Gasteiger partial charge on any atom is -0.367 e. The summed E-state index contributed by atoms with van der Waals surface area (Å²) in [4.78, 5) is 0. The highest BCUT2D eigenvalue weighted by Gasteiger charge is 2.18. The third kappa shape index (κ3) is 1.36. The molecule has 0 unspecified atom stereocenters. The largest absolute Gasteiger partial charge is 0.367 e. The minimum absolute atomic E-state index is 0.0394. The van der Waals surface area contributed by atoms with Gasteiger partial charge in [0, 0.05) is 13.1 Å². The molecule has 6 nitrogen and oxygen atoms in total. The van der Waals surface area contributed by atoms with Crippen LogP contribution in [0.2, 0.25) is 0 Å². The molecule has 2 rings (SSSR count). The lowest BCUT2D eigenvalue weighted by Gasteiger charge is -2.20. The molecule has 60 valence electrons. The van der Waals surface area contributed by atoms with Gasteiger partial charge in [-0.25, -0.2) is 0 Å². The summed E-state index contributed by atoms with van der Waals surface area (Å²) in [5, 5.41) is 16.7. The van der Waals surface area contributed by atoms with Crippen LogP contribution in [0.4, 0.5) is 0 Å². The number of nitrogens with zero attached hydrogens (tertiary/aromatic N) is 3. The van der Waals surface area contributed by atoms with E-state index in [1.165, 1.54) is 0 Å². The number of morpholine rings is 1. The van der Waals surface area contributed by atoms with Crippen molar-refractivity contribution in [2.75, 3.05) is 19.7 Å². The average molecular weight is 155 g/mol. The van der Waals surface area contributed by atoms with Crippen LogP contribution < -0.4 is 5.32 Å². The van der Waals surface area contributed by atoms with Crippen LogP contribution in [0.15, 0.2) is 0 Å². The number of ether oxygens (including phenoxy) is 1. The highest BCUT2D eigenvalue weighted by Crippen LogP contribution is 2.11. The van der Waals surface area contributed by atoms with E-state index < -0.39 is 0 Å². The van der Waals surface area contributed by atoms with Gasteiger partial charge >= 0.3 is 0 Å². The highest BCUT2D eigenvalue weighted by atomic mass is 16.5. The van der Waals surface area contributed by atoms with E-state index in [9.17, 15) is 0 Å². The maximum Gasteiger partial charge on any atom is 0.204 e. The van der Waals surface area contributed by atoms with Gasteiger partial charge in [0.2, 0.25) is 5.82 Å². The second-order valence-electron chi connectivity index (χ2n) is 2.33. The Kier molecular flexibility index (Phi) is 1.78. The molecule has 0 saturated carbocycles. The van der Waals surface area contributed by atoms with Crippen molar-refractivity contribution < 1.29 is 4.74 Å². The number of aromatic nitrogens is 4. The van der Waals surface area contributed by atoms with Crippen LogP contribution in [0, 0.1) is 0 Å². The van der Waals surface area contributed by atoms with Crippen molar-refractivity contribution in [3.63, 3.8) is 0 Å². The lowest BCUT2D eigenvalue weighted by molar-refractivity contribution is 0.0221. The Hall–Kier alpha value is -1.01. The molecule has 0 amide bonds. The molecule has 2 heterocycles. The summed E-state index contributed by atoms with van der Waals surface area (Å²) in [5.41, 5.74) is 0. The number of hydrogen-bond donors (Lipinski definition) is 2. The van der Waals surface area contributed by atoms with Crippen molar-refractivity contribution in [3.05, 3.63) is 5.82 Å². The molecule has 2 N–H and O–H groups in total. The summed E-state index contributed by atoms with van der Waals surface area (Å²) in [6, 6.07) is 0. The molecule has 1 aromatic rings. The van der Waals surface area contributed by atoms with Crippen molar-refractivity contribution >= 4 is 0 Å². The standard InChI is InChI=1S/C5H9N5O/c1-2-11-4(3-6-1)5-7-9-10-8-5/h4,6H,1-3H2,(H,7,8,9,10)/t4-/m1/s1. The van der Waals surface area contributed by atoms with Crippen molar-refractivity contribution in [1.82, 2.24) is 25.9 Å². The summed E-state index contributed by atoms with van der Waals surface area (Å²) in [6.45, 7) is 2.37. The van der Waals surface area contributed by atoms with Crippen LogP contribution >= 0.6 is 0 Å². The first kappa shape index (κ1) is 6.68. The zero-order valence-electron chi connectivity index (χ0n) is 5.95. The van der Waals surface area contributed by atoms with Gasteiger partial charge < -0.3 is 10.1 Å². The molecule has 1 saturated heterocycles. The molecule has 1 aliphatic heterocycles. The summed E-state index contributed by atoms with van der Waals surface area (Å²) < 4.78 is 5.37. The molecule has 1 aliphatic rings. The summed E-state index contributed by atoms with van der Waals surface area (Å²) >= 11 is 0. The van der Waals surface area contributed by atoms with Crippen molar-refractivity contribution in [2.24, 2.45) is 0 Å². The highest BCUT2D eigenvalue weighted by molar-refractivity contribution is 4.87. The number of hydrogen-bond acceptors (Lipinski definition) is 5. The van der Waals surface area contributed by atoms with Crippen molar-refractivity contribution in [2.45, 2.75) is 6.10 Å². The third-order valence-electron chi connectivity index (χ3n) is 1.58. The molecule has 0 aliphatic carbocycles. The van der Waals surface area contributed by atoms with Gasteiger partial charge in [-0.1, -0.05) is 5.21 Å². The first-order valence-corrected chi connectivity index (χ1v) is 3.52. The SMILES string of the molecule is C1CO[C@@H](c2nn[nH]n2)CN1. The molecule has 11 heavy (non-hydrogen) atoms. The number of tetrazole rings is 1. The Morgan fingerprint density at radius 2 is 2.55 bits per heavy atom. The first-order chi connectivity index (χ1) is 5.47. The number of rotatable bonds is 1. The molecule has 1 fully saturated rings. The van der Waals surface area contributed by atoms with Crippen LogP contribution in [0.1, 0.15) is 11.9 Å². The van der Waals surface area contributed by atoms with Gasteiger partial charge in [0.05, 0.1) is 6.61 Å². The van der Waals surface area contributed by atoms with Crippen LogP contribution in [-0.4, -0.2) is 40.3 Å². The third-order valence-corrected chi connectivity index (χ3v) is 1.58. The van der Waals surface area contributed by atoms with Gasteiger partial charge in [0.1, 0.15) is 6.10 Å². The maximum absolute atomic E-state index is 5.37. The van der Waals surface area contributed by atoms with E-state index in [2.05, 4.69) is 25.9 Å². The smallest absolute Gasteiger partial charge is 0.204 e. The van der Waals surface area contributed by atoms with Gasteiger partial charge in [-0.05, 0) is 0 Å². The van der Waals surface area contributed by atoms with Crippen LogP contribution in [0.3, 0.4) is 0 Å². The second kappa shape index (κ2) is 2.93. The van der Waals surface area contributed by atoms with Crippen molar-refractivity contribution in [1.29, 1.82) is 0 Å². The Balaban J connectivity index is 2.04. The zero-order chi connectivity index (χ0) is 7.52. The number of H-pyrrole nitrogens is 1. The number of aromatic amines is 1. The van der Waals surface area contributed by atoms with E-state index in [1.807, 2.05) is 0 Å². The van der Waals surface area contributed by atoms with Crippen LogP contribution in [0.5, 0.6) is 0 Å². The molecule has 1 atom stereocenters. The van der Waals surface area contributed by atoms with Crippen molar-refractivity contribution in [3.8, 4) is 0 Å². The van der Waals surface area contributed by atoms with E-state index in [1.54, 1.807) is 0 Å². The molecule has 0 bridgehead atoms. The fourth-order valence-electron chi connectivity index (χ4n) is 1.04. The fraction of sp³-hybridized carbons (Fsp3) is 0.800. The average Bonchev–Trinajstić information content (AvgIpc) is 2.58. The monoisotopic (exact) mass is 155 g/mol. The quantitative estimate of drug-likeness (QED) is 0.536. The molecule has 0 spiro atoms. The van der Waals surface area contributed by atoms with E-state index in [0.717, 1.165) is 13.1 Å². The molecule has 6 heteroatoms. The minimum atomic E-state index is -0.0394. The van der Waals surface area contributed by atoms with E-state index >= 15 is 0 Å².